The number of aliphatic imine (C=N–C) groups is 1. The maximum Gasteiger partial charge on any atom is 0.194 e. The molecule has 0 saturated heterocycles. The lowest BCUT2D eigenvalue weighted by Gasteiger charge is -2.30. The second-order valence-corrected chi connectivity index (χ2v) is 6.13. The lowest BCUT2D eigenvalue weighted by Crippen LogP contribution is -2.46. The summed E-state index contributed by atoms with van der Waals surface area (Å²) in [6.07, 6.45) is 10.1. The van der Waals surface area contributed by atoms with E-state index < -0.39 is 0 Å². The predicted octanol–water partition coefficient (Wildman–Crippen LogP) is 1.35. The standard InChI is InChI=1S/C15H21N5/c1-2-4-11(3-1)14-8-17-15(19-14)20-6-5-13-12(9-20)7-16-10-18-13/h7,10-11,14H,1-6,8-9H2,(H,17,19). The Balaban J connectivity index is 1.42. The van der Waals surface area contributed by atoms with Gasteiger partial charge in [-0.15, -0.1) is 0 Å². The quantitative estimate of drug-likeness (QED) is 0.838. The van der Waals surface area contributed by atoms with E-state index in [-0.39, 0.29) is 0 Å². The molecule has 3 aliphatic rings. The van der Waals surface area contributed by atoms with E-state index in [2.05, 4.69) is 20.2 Å². The van der Waals surface area contributed by atoms with E-state index >= 15 is 0 Å². The molecule has 4 rings (SSSR count). The highest BCUT2D eigenvalue weighted by atomic mass is 15.3. The van der Waals surface area contributed by atoms with Crippen LogP contribution in [0.3, 0.4) is 0 Å². The molecule has 2 aliphatic heterocycles. The van der Waals surface area contributed by atoms with Crippen molar-refractivity contribution in [1.82, 2.24) is 20.2 Å². The van der Waals surface area contributed by atoms with Crippen LogP contribution < -0.4 is 5.32 Å². The molecule has 0 spiro atoms. The third kappa shape index (κ3) is 2.15. The average Bonchev–Trinajstić information content (AvgIpc) is 3.17. The van der Waals surface area contributed by atoms with E-state index in [9.17, 15) is 0 Å². The van der Waals surface area contributed by atoms with Gasteiger partial charge in [0.15, 0.2) is 5.96 Å². The molecule has 0 bridgehead atoms. The highest BCUT2D eigenvalue weighted by Gasteiger charge is 2.31. The lowest BCUT2D eigenvalue weighted by molar-refractivity contribution is 0.363. The molecule has 1 saturated carbocycles. The van der Waals surface area contributed by atoms with E-state index in [0.717, 1.165) is 37.9 Å². The Hall–Kier alpha value is -1.65. The van der Waals surface area contributed by atoms with Gasteiger partial charge in [0.05, 0.1) is 18.3 Å². The van der Waals surface area contributed by atoms with Crippen LogP contribution in [-0.4, -0.2) is 40.0 Å². The molecular weight excluding hydrogens is 250 g/mol. The fourth-order valence-electron chi connectivity index (χ4n) is 3.71. The SMILES string of the molecule is c1ncc2c(n1)CCN(C1=NCC(C3CCCC3)N1)C2. The van der Waals surface area contributed by atoms with Gasteiger partial charge in [0, 0.05) is 31.3 Å². The largest absolute Gasteiger partial charge is 0.351 e. The Bertz CT molecular complexity index is 521. The van der Waals surface area contributed by atoms with Crippen LogP contribution in [-0.2, 0) is 13.0 Å². The summed E-state index contributed by atoms with van der Waals surface area (Å²) in [6.45, 7) is 2.85. The zero-order valence-electron chi connectivity index (χ0n) is 11.8. The van der Waals surface area contributed by atoms with Crippen molar-refractivity contribution in [3.63, 3.8) is 0 Å². The minimum Gasteiger partial charge on any atom is -0.351 e. The van der Waals surface area contributed by atoms with Crippen LogP contribution in [0.25, 0.3) is 0 Å². The van der Waals surface area contributed by atoms with Gasteiger partial charge >= 0.3 is 0 Å². The number of guanidine groups is 1. The molecule has 0 radical (unpaired) electrons. The molecule has 0 aromatic carbocycles. The van der Waals surface area contributed by atoms with Gasteiger partial charge in [-0.05, 0) is 18.8 Å². The summed E-state index contributed by atoms with van der Waals surface area (Å²) in [5, 5.41) is 3.67. The van der Waals surface area contributed by atoms with Crippen molar-refractivity contribution in [2.45, 2.75) is 44.7 Å². The minimum atomic E-state index is 0.570. The maximum absolute atomic E-state index is 4.75. The Labute approximate surface area is 119 Å². The van der Waals surface area contributed by atoms with Crippen LogP contribution in [0.2, 0.25) is 0 Å². The van der Waals surface area contributed by atoms with E-state index in [0.29, 0.717) is 6.04 Å². The van der Waals surface area contributed by atoms with Crippen LogP contribution in [0, 0.1) is 5.92 Å². The van der Waals surface area contributed by atoms with Gasteiger partial charge in [0.1, 0.15) is 6.33 Å². The first-order valence-electron chi connectivity index (χ1n) is 7.74. The topological polar surface area (TPSA) is 53.4 Å². The first kappa shape index (κ1) is 12.1. The van der Waals surface area contributed by atoms with Crippen LogP contribution in [0.15, 0.2) is 17.5 Å². The van der Waals surface area contributed by atoms with E-state index in [1.807, 2.05) is 6.20 Å². The number of aromatic nitrogens is 2. The van der Waals surface area contributed by atoms with Crippen molar-refractivity contribution in [2.24, 2.45) is 10.9 Å². The summed E-state index contributed by atoms with van der Waals surface area (Å²) in [5.74, 6) is 1.92. The van der Waals surface area contributed by atoms with Gasteiger partial charge < -0.3 is 10.2 Å². The van der Waals surface area contributed by atoms with Crippen molar-refractivity contribution in [3.8, 4) is 0 Å². The molecular formula is C15H21N5. The summed E-state index contributed by atoms with van der Waals surface area (Å²) in [7, 11) is 0. The van der Waals surface area contributed by atoms with Gasteiger partial charge in [0.25, 0.3) is 0 Å². The number of fused-ring (bicyclic) bond motifs is 1. The third-order valence-corrected chi connectivity index (χ3v) is 4.88. The smallest absolute Gasteiger partial charge is 0.194 e. The Kier molecular flexibility index (Phi) is 3.05. The zero-order chi connectivity index (χ0) is 13.4. The zero-order valence-corrected chi connectivity index (χ0v) is 11.8. The van der Waals surface area contributed by atoms with E-state index in [1.54, 1.807) is 6.33 Å². The molecule has 1 fully saturated rings. The monoisotopic (exact) mass is 271 g/mol. The minimum absolute atomic E-state index is 0.570. The normalized spacial score (nSPS) is 26.3. The van der Waals surface area contributed by atoms with Crippen LogP contribution in [0.5, 0.6) is 0 Å². The highest BCUT2D eigenvalue weighted by Crippen LogP contribution is 2.29. The number of nitrogens with one attached hydrogen (secondary N) is 1. The Morgan fingerprint density at radius 2 is 2.15 bits per heavy atom. The van der Waals surface area contributed by atoms with E-state index in [4.69, 9.17) is 4.99 Å². The third-order valence-electron chi connectivity index (χ3n) is 4.88. The first-order chi connectivity index (χ1) is 9.90. The Morgan fingerprint density at radius 3 is 3.05 bits per heavy atom. The molecule has 5 nitrogen and oxygen atoms in total. The van der Waals surface area contributed by atoms with Crippen LogP contribution in [0.1, 0.15) is 36.9 Å². The van der Waals surface area contributed by atoms with Gasteiger partial charge in [-0.1, -0.05) is 12.8 Å². The van der Waals surface area contributed by atoms with Crippen molar-refractivity contribution >= 4 is 5.96 Å². The summed E-state index contributed by atoms with van der Waals surface area (Å²) < 4.78 is 0. The molecule has 1 N–H and O–H groups in total. The molecule has 20 heavy (non-hydrogen) atoms. The van der Waals surface area contributed by atoms with E-state index in [1.165, 1.54) is 36.9 Å². The van der Waals surface area contributed by atoms with Crippen molar-refractivity contribution < 1.29 is 0 Å². The van der Waals surface area contributed by atoms with Gasteiger partial charge in [-0.25, -0.2) is 9.97 Å². The fraction of sp³-hybridized carbons (Fsp3) is 0.667. The predicted molar refractivity (Wildman–Crippen MR) is 77.3 cm³/mol. The van der Waals surface area contributed by atoms with Crippen LogP contribution >= 0.6 is 0 Å². The summed E-state index contributed by atoms with van der Waals surface area (Å²) in [4.78, 5) is 15.6. The second kappa shape index (κ2) is 5.04. The number of hydrogen-bond donors (Lipinski definition) is 1. The molecule has 3 heterocycles. The van der Waals surface area contributed by atoms with Crippen LogP contribution in [0.4, 0.5) is 0 Å². The van der Waals surface area contributed by atoms with Crippen molar-refractivity contribution in [3.05, 3.63) is 23.8 Å². The molecule has 1 aliphatic carbocycles. The summed E-state index contributed by atoms with van der Waals surface area (Å²) in [5.41, 5.74) is 2.44. The average molecular weight is 271 g/mol. The maximum atomic E-state index is 4.75. The molecule has 1 aromatic heterocycles. The number of rotatable bonds is 1. The number of hydrogen-bond acceptors (Lipinski definition) is 5. The molecule has 106 valence electrons. The van der Waals surface area contributed by atoms with Gasteiger partial charge in [-0.2, -0.15) is 0 Å². The molecule has 0 amide bonds. The molecule has 1 atom stereocenters. The molecule has 5 heteroatoms. The Morgan fingerprint density at radius 1 is 1.25 bits per heavy atom. The fourth-order valence-corrected chi connectivity index (χ4v) is 3.71. The van der Waals surface area contributed by atoms with Crippen molar-refractivity contribution in [2.75, 3.05) is 13.1 Å². The lowest BCUT2D eigenvalue weighted by atomic mass is 9.99. The molecule has 1 aromatic rings. The van der Waals surface area contributed by atoms with Crippen molar-refractivity contribution in [1.29, 1.82) is 0 Å². The second-order valence-electron chi connectivity index (χ2n) is 6.13. The highest BCUT2D eigenvalue weighted by molar-refractivity contribution is 5.82. The van der Waals surface area contributed by atoms with Gasteiger partial charge in [0.2, 0.25) is 0 Å². The van der Waals surface area contributed by atoms with Gasteiger partial charge in [-0.3, -0.25) is 4.99 Å². The summed E-state index contributed by atoms with van der Waals surface area (Å²) >= 11 is 0. The first-order valence-corrected chi connectivity index (χ1v) is 7.74. The molecule has 1 unspecified atom stereocenters. The summed E-state index contributed by atoms with van der Waals surface area (Å²) in [6, 6.07) is 0.570. The number of nitrogens with zero attached hydrogens (tertiary/aromatic N) is 4.